The first-order chi connectivity index (χ1) is 23.2. The van der Waals surface area contributed by atoms with Crippen LogP contribution in [0.2, 0.25) is 0 Å². The maximum atomic E-state index is 15.2. The fourth-order valence-electron chi connectivity index (χ4n) is 8.80. The Morgan fingerprint density at radius 1 is 0.812 bits per heavy atom. The summed E-state index contributed by atoms with van der Waals surface area (Å²) in [7, 11) is 0. The Hall–Kier alpha value is -4.70. The Kier molecular flexibility index (Phi) is 7.32. The number of anilines is 1. The predicted molar refractivity (Wildman–Crippen MR) is 186 cm³/mol. The van der Waals surface area contributed by atoms with Gasteiger partial charge in [0.05, 0.1) is 22.9 Å². The van der Waals surface area contributed by atoms with Crippen LogP contribution in [0.5, 0.6) is 5.75 Å². The summed E-state index contributed by atoms with van der Waals surface area (Å²) < 4.78 is 16.2. The minimum Gasteiger partial charge on any atom is -0.505 e. The monoisotopic (exact) mass is 749 g/mol. The van der Waals surface area contributed by atoms with Crippen molar-refractivity contribution in [1.82, 2.24) is 0 Å². The van der Waals surface area contributed by atoms with E-state index in [9.17, 15) is 24.3 Å². The van der Waals surface area contributed by atoms with Gasteiger partial charge in [-0.2, -0.15) is 0 Å². The van der Waals surface area contributed by atoms with Crippen molar-refractivity contribution in [1.29, 1.82) is 0 Å². The minimum atomic E-state index is -1.46. The van der Waals surface area contributed by atoms with E-state index in [1.54, 1.807) is 30.3 Å². The van der Waals surface area contributed by atoms with Crippen LogP contribution in [0.1, 0.15) is 35.4 Å². The third kappa shape index (κ3) is 4.41. The molecule has 0 spiro atoms. The van der Waals surface area contributed by atoms with E-state index < -0.39 is 46.6 Å². The number of hydrogen-bond acceptors (Lipinski definition) is 5. The van der Waals surface area contributed by atoms with E-state index in [2.05, 4.69) is 22.6 Å². The molecule has 4 aromatic carbocycles. The Bertz CT molecular complexity index is 2080. The molecule has 1 aliphatic heterocycles. The van der Waals surface area contributed by atoms with Crippen molar-refractivity contribution in [3.05, 3.63) is 147 Å². The number of carbonyl (C=O) groups is 4. The summed E-state index contributed by atoms with van der Waals surface area (Å²) in [5, 5.41) is 10.2. The molecule has 48 heavy (non-hydrogen) atoms. The molecular weight excluding hydrogens is 720 g/mol. The van der Waals surface area contributed by atoms with Crippen molar-refractivity contribution in [2.45, 2.75) is 24.2 Å². The van der Waals surface area contributed by atoms with E-state index in [0.717, 1.165) is 9.14 Å². The van der Waals surface area contributed by atoms with Crippen LogP contribution in [0.25, 0.3) is 5.57 Å². The molecule has 0 unspecified atom stereocenters. The SMILES string of the molecule is O=C1C(c2ccccc2)=CC(=O)[C@@]2(c3ccccc3)[C@@H](c3ccc(O)c(F)c3)C3=CC[C@@H]4C(=O)N(c5ccc(I)cc5)C(=O)[C@@H]4[C@@H]3C[C@@H]12. The van der Waals surface area contributed by atoms with Gasteiger partial charge in [-0.05, 0) is 101 Å². The van der Waals surface area contributed by atoms with Gasteiger partial charge in [-0.1, -0.05) is 78.4 Å². The van der Waals surface area contributed by atoms with E-state index >= 15 is 4.39 Å². The molecule has 1 heterocycles. The van der Waals surface area contributed by atoms with Gasteiger partial charge in [-0.15, -0.1) is 0 Å². The highest BCUT2D eigenvalue weighted by molar-refractivity contribution is 14.1. The average Bonchev–Trinajstić information content (AvgIpc) is 3.36. The molecule has 0 aromatic heterocycles. The van der Waals surface area contributed by atoms with Crippen molar-refractivity contribution in [3.63, 3.8) is 0 Å². The zero-order chi connectivity index (χ0) is 33.3. The zero-order valence-corrected chi connectivity index (χ0v) is 27.7. The molecule has 0 radical (unpaired) electrons. The number of amides is 2. The lowest BCUT2D eigenvalue weighted by atomic mass is 9.44. The molecular formula is C40H29FINO5. The molecule has 1 saturated carbocycles. The second kappa shape index (κ2) is 11.5. The molecule has 4 aliphatic rings. The Morgan fingerprint density at radius 3 is 2.19 bits per heavy atom. The molecule has 8 heteroatoms. The summed E-state index contributed by atoms with van der Waals surface area (Å²) in [5.41, 5.74) is 1.71. The van der Waals surface area contributed by atoms with Gasteiger partial charge in [-0.3, -0.25) is 24.1 Å². The third-order valence-electron chi connectivity index (χ3n) is 10.8. The van der Waals surface area contributed by atoms with E-state index in [4.69, 9.17) is 0 Å². The van der Waals surface area contributed by atoms with Crippen LogP contribution in [0.4, 0.5) is 10.1 Å². The molecule has 8 rings (SSSR count). The number of benzene rings is 4. The number of phenols is 1. The smallest absolute Gasteiger partial charge is 0.238 e. The summed E-state index contributed by atoms with van der Waals surface area (Å²) in [6, 6.07) is 29.5. The topological polar surface area (TPSA) is 91.8 Å². The molecule has 1 N–H and O–H groups in total. The van der Waals surface area contributed by atoms with Crippen LogP contribution in [0.3, 0.4) is 0 Å². The fraction of sp³-hybridized carbons (Fsp3) is 0.200. The largest absolute Gasteiger partial charge is 0.505 e. The first kappa shape index (κ1) is 30.6. The normalized spacial score (nSPS) is 28.0. The number of halogens is 2. The van der Waals surface area contributed by atoms with Gasteiger partial charge >= 0.3 is 0 Å². The number of nitrogens with zero attached hydrogens (tertiary/aromatic N) is 1. The maximum Gasteiger partial charge on any atom is 0.238 e. The van der Waals surface area contributed by atoms with E-state index in [1.165, 1.54) is 23.1 Å². The standard InChI is InChI=1S/C40H29FINO5/c41-32-19-23(11-18-33(32)44)36-27-16-17-28-35(39(48)43(38(28)47)26-14-12-25(42)13-15-26)30(27)20-31-37(46)29(22-7-3-1-4-8-22)21-34(45)40(31,36)24-9-5-2-6-10-24/h1-16,18-19,21,28,30-31,35-36,44H,17,20H2/t28-,30+,31-,35-,36-,40-/m0/s1. The first-order valence-electron chi connectivity index (χ1n) is 15.9. The van der Waals surface area contributed by atoms with E-state index in [-0.39, 0.29) is 36.2 Å². The van der Waals surface area contributed by atoms with Crippen LogP contribution in [0.15, 0.2) is 121 Å². The van der Waals surface area contributed by atoms with Crippen LogP contribution >= 0.6 is 22.6 Å². The van der Waals surface area contributed by atoms with Crippen LogP contribution in [-0.4, -0.2) is 28.5 Å². The number of hydrogen-bond donors (Lipinski definition) is 1. The van der Waals surface area contributed by atoms with Gasteiger partial charge in [-0.25, -0.2) is 4.39 Å². The van der Waals surface area contributed by atoms with Crippen molar-refractivity contribution < 1.29 is 28.7 Å². The highest BCUT2D eigenvalue weighted by Crippen LogP contribution is 2.63. The van der Waals surface area contributed by atoms with Crippen molar-refractivity contribution in [3.8, 4) is 5.75 Å². The van der Waals surface area contributed by atoms with E-state index in [0.29, 0.717) is 28.0 Å². The number of imide groups is 1. The van der Waals surface area contributed by atoms with Gasteiger partial charge in [0.1, 0.15) is 0 Å². The lowest BCUT2D eigenvalue weighted by Gasteiger charge is -2.55. The van der Waals surface area contributed by atoms with Crippen LogP contribution in [-0.2, 0) is 24.6 Å². The number of rotatable bonds is 4. The zero-order valence-electron chi connectivity index (χ0n) is 25.6. The minimum absolute atomic E-state index is 0.160. The summed E-state index contributed by atoms with van der Waals surface area (Å²) in [4.78, 5) is 59.5. The molecule has 6 atom stereocenters. The molecule has 2 amide bonds. The number of carbonyl (C=O) groups excluding carboxylic acids is 4. The van der Waals surface area contributed by atoms with Gasteiger partial charge < -0.3 is 5.11 Å². The Labute approximate surface area is 290 Å². The number of aromatic hydroxyl groups is 1. The molecule has 3 aliphatic carbocycles. The molecule has 0 bridgehead atoms. The quantitative estimate of drug-likeness (QED) is 0.136. The number of allylic oxidation sites excluding steroid dienone is 4. The predicted octanol–water partition coefficient (Wildman–Crippen LogP) is 7.16. The van der Waals surface area contributed by atoms with Gasteiger partial charge in [0.15, 0.2) is 23.1 Å². The van der Waals surface area contributed by atoms with Gasteiger partial charge in [0, 0.05) is 21.0 Å². The highest BCUT2D eigenvalue weighted by Gasteiger charge is 2.66. The number of ketones is 2. The molecule has 238 valence electrons. The first-order valence-corrected chi connectivity index (χ1v) is 17.0. The Morgan fingerprint density at radius 2 is 1.50 bits per heavy atom. The van der Waals surface area contributed by atoms with Crippen molar-refractivity contribution >= 4 is 57.2 Å². The average molecular weight is 750 g/mol. The Balaban J connectivity index is 1.36. The molecule has 1 saturated heterocycles. The maximum absolute atomic E-state index is 15.2. The van der Waals surface area contributed by atoms with Crippen molar-refractivity contribution in [2.24, 2.45) is 23.7 Å². The lowest BCUT2D eigenvalue weighted by Crippen LogP contribution is -2.58. The fourth-order valence-corrected chi connectivity index (χ4v) is 9.16. The number of fused-ring (bicyclic) bond motifs is 4. The van der Waals surface area contributed by atoms with E-state index in [1.807, 2.05) is 66.7 Å². The second-order valence-corrected chi connectivity index (χ2v) is 14.2. The van der Waals surface area contributed by atoms with Crippen molar-refractivity contribution in [2.75, 3.05) is 4.90 Å². The molecule has 2 fully saturated rings. The van der Waals surface area contributed by atoms with Gasteiger partial charge in [0.25, 0.3) is 0 Å². The third-order valence-corrected chi connectivity index (χ3v) is 11.5. The van der Waals surface area contributed by atoms with Crippen LogP contribution in [0, 0.1) is 33.1 Å². The van der Waals surface area contributed by atoms with Gasteiger partial charge in [0.2, 0.25) is 11.8 Å². The lowest BCUT2D eigenvalue weighted by molar-refractivity contribution is -0.135. The summed E-state index contributed by atoms with van der Waals surface area (Å²) in [5.74, 6) is -6.26. The second-order valence-electron chi connectivity index (χ2n) is 13.0. The molecule has 4 aromatic rings. The number of phenolic OH excluding ortho intramolecular Hbond substituents is 1. The number of Topliss-reactive ketones (excluding diaryl/α,β-unsaturated/α-hetero) is 1. The summed E-state index contributed by atoms with van der Waals surface area (Å²) in [6.45, 7) is 0. The van der Waals surface area contributed by atoms with Crippen LogP contribution < -0.4 is 4.90 Å². The summed E-state index contributed by atoms with van der Waals surface area (Å²) >= 11 is 2.17. The molecule has 6 nitrogen and oxygen atoms in total. The highest BCUT2D eigenvalue weighted by atomic mass is 127. The summed E-state index contributed by atoms with van der Waals surface area (Å²) in [6.07, 6.45) is 3.80.